The Kier molecular flexibility index (Phi) is 4.33. The van der Waals surface area contributed by atoms with E-state index >= 15 is 0 Å². The number of aromatic nitrogens is 3. The molecule has 0 unspecified atom stereocenters. The molecule has 0 saturated carbocycles. The number of hydrogen-bond acceptors (Lipinski definition) is 5. The molecule has 0 aliphatic heterocycles. The topological polar surface area (TPSA) is 53.9 Å². The number of hydrogen-bond donors (Lipinski definition) is 1. The largest absolute Gasteiger partial charge is 0.406 e. The van der Waals surface area contributed by atoms with Crippen LogP contribution in [0.15, 0.2) is 0 Å². The van der Waals surface area contributed by atoms with Crippen LogP contribution in [0.3, 0.4) is 0 Å². The van der Waals surface area contributed by atoms with E-state index < -0.39 is 12.7 Å². The number of nitrogens with zero attached hydrogens (tertiary/aromatic N) is 4. The second-order valence-corrected chi connectivity index (χ2v) is 3.57. The van der Waals surface area contributed by atoms with Gasteiger partial charge in [-0.2, -0.15) is 28.1 Å². The molecule has 5 nitrogen and oxygen atoms in total. The summed E-state index contributed by atoms with van der Waals surface area (Å²) in [5, 5.41) is 2.60. The first-order valence-corrected chi connectivity index (χ1v) is 5.13. The maximum Gasteiger partial charge on any atom is 0.406 e. The van der Waals surface area contributed by atoms with E-state index in [1.807, 2.05) is 0 Å². The summed E-state index contributed by atoms with van der Waals surface area (Å²) in [6, 6.07) is 0. The van der Waals surface area contributed by atoms with Crippen LogP contribution >= 0.6 is 11.6 Å². The summed E-state index contributed by atoms with van der Waals surface area (Å²) in [5.74, 6) is 0.0230. The third-order valence-electron chi connectivity index (χ3n) is 1.69. The maximum absolute atomic E-state index is 12.2. The summed E-state index contributed by atoms with van der Waals surface area (Å²) in [6.45, 7) is 1.18. The van der Waals surface area contributed by atoms with Gasteiger partial charge in [0.1, 0.15) is 6.54 Å². The Morgan fingerprint density at radius 1 is 1.29 bits per heavy atom. The smallest absolute Gasteiger partial charge is 0.354 e. The second-order valence-electron chi connectivity index (χ2n) is 3.23. The van der Waals surface area contributed by atoms with Crippen molar-refractivity contribution >= 4 is 23.5 Å². The van der Waals surface area contributed by atoms with Crippen LogP contribution in [0.2, 0.25) is 5.28 Å². The zero-order valence-electron chi connectivity index (χ0n) is 9.21. The molecule has 1 N–H and O–H groups in total. The van der Waals surface area contributed by atoms with Gasteiger partial charge in [0, 0.05) is 13.6 Å². The molecule has 0 aromatic carbocycles. The zero-order chi connectivity index (χ0) is 13.1. The van der Waals surface area contributed by atoms with E-state index in [1.54, 1.807) is 6.92 Å². The molecule has 1 aromatic rings. The molecule has 0 spiro atoms. The van der Waals surface area contributed by atoms with E-state index in [1.165, 1.54) is 7.05 Å². The van der Waals surface area contributed by atoms with Crippen molar-refractivity contribution < 1.29 is 13.2 Å². The van der Waals surface area contributed by atoms with Gasteiger partial charge < -0.3 is 10.2 Å². The minimum atomic E-state index is -4.33. The van der Waals surface area contributed by atoms with Gasteiger partial charge in [-0.05, 0) is 18.5 Å². The van der Waals surface area contributed by atoms with Crippen molar-refractivity contribution in [2.24, 2.45) is 0 Å². The Morgan fingerprint density at radius 3 is 2.47 bits per heavy atom. The van der Waals surface area contributed by atoms with E-state index in [2.05, 4.69) is 20.3 Å². The highest BCUT2D eigenvalue weighted by atomic mass is 35.5. The van der Waals surface area contributed by atoms with Crippen LogP contribution in [0.4, 0.5) is 25.1 Å². The number of alkyl halides is 3. The van der Waals surface area contributed by atoms with E-state index in [4.69, 9.17) is 11.6 Å². The van der Waals surface area contributed by atoms with Crippen LogP contribution in [0.25, 0.3) is 0 Å². The summed E-state index contributed by atoms with van der Waals surface area (Å²) < 4.78 is 36.5. The minimum absolute atomic E-state index is 0.127. The van der Waals surface area contributed by atoms with Gasteiger partial charge in [0.05, 0.1) is 0 Å². The summed E-state index contributed by atoms with van der Waals surface area (Å²) in [6.07, 6.45) is -4.33. The fourth-order valence-electron chi connectivity index (χ4n) is 1.09. The fourth-order valence-corrected chi connectivity index (χ4v) is 1.24. The molecule has 0 amide bonds. The van der Waals surface area contributed by atoms with Crippen molar-refractivity contribution in [1.29, 1.82) is 0 Å². The normalized spacial score (nSPS) is 11.4. The number of nitrogens with one attached hydrogen (secondary N) is 1. The zero-order valence-corrected chi connectivity index (χ0v) is 9.97. The van der Waals surface area contributed by atoms with Crippen LogP contribution in [-0.4, -0.2) is 41.3 Å². The minimum Gasteiger partial charge on any atom is -0.354 e. The lowest BCUT2D eigenvalue weighted by Gasteiger charge is -2.19. The molecule has 0 saturated heterocycles. The van der Waals surface area contributed by atoms with E-state index in [-0.39, 0.29) is 17.2 Å². The molecule has 9 heteroatoms. The van der Waals surface area contributed by atoms with Gasteiger partial charge in [-0.25, -0.2) is 0 Å². The monoisotopic (exact) mass is 269 g/mol. The van der Waals surface area contributed by atoms with Gasteiger partial charge in [0.15, 0.2) is 0 Å². The molecule has 0 bridgehead atoms. The first-order chi connectivity index (χ1) is 7.81. The SMILES string of the molecule is CCNc1nc(Cl)nc(N(C)CC(F)(F)F)n1. The molecule has 1 rings (SSSR count). The Morgan fingerprint density at radius 2 is 1.94 bits per heavy atom. The van der Waals surface area contributed by atoms with Crippen molar-refractivity contribution in [2.45, 2.75) is 13.1 Å². The predicted molar refractivity (Wildman–Crippen MR) is 58.3 cm³/mol. The van der Waals surface area contributed by atoms with Crippen molar-refractivity contribution in [2.75, 3.05) is 30.4 Å². The first kappa shape index (κ1) is 13.8. The van der Waals surface area contributed by atoms with Crippen LogP contribution in [0, 0.1) is 0 Å². The standard InChI is InChI=1S/C8H11ClF3N5/c1-3-13-6-14-5(9)15-7(16-6)17(2)4-8(10,11)12/h3-4H2,1-2H3,(H,13,14,15,16). The van der Waals surface area contributed by atoms with Crippen LogP contribution in [0.5, 0.6) is 0 Å². The van der Waals surface area contributed by atoms with Gasteiger partial charge in [-0.3, -0.25) is 0 Å². The molecule has 0 aliphatic rings. The van der Waals surface area contributed by atoms with Gasteiger partial charge in [0.25, 0.3) is 0 Å². The van der Waals surface area contributed by atoms with Gasteiger partial charge in [0.2, 0.25) is 17.2 Å². The molecule has 0 radical (unpaired) electrons. The van der Waals surface area contributed by atoms with Gasteiger partial charge >= 0.3 is 6.18 Å². The summed E-state index contributed by atoms with van der Waals surface area (Å²) in [4.78, 5) is 12.0. The van der Waals surface area contributed by atoms with E-state index in [0.717, 1.165) is 4.90 Å². The van der Waals surface area contributed by atoms with Crippen LogP contribution in [0.1, 0.15) is 6.92 Å². The highest BCUT2D eigenvalue weighted by Gasteiger charge is 2.30. The molecular formula is C8H11ClF3N5. The molecule has 1 aromatic heterocycles. The third-order valence-corrected chi connectivity index (χ3v) is 1.86. The van der Waals surface area contributed by atoms with Crippen molar-refractivity contribution in [3.05, 3.63) is 5.28 Å². The highest BCUT2D eigenvalue weighted by molar-refractivity contribution is 6.28. The molecule has 17 heavy (non-hydrogen) atoms. The quantitative estimate of drug-likeness (QED) is 0.905. The summed E-state index contributed by atoms with van der Waals surface area (Å²) >= 11 is 5.59. The second kappa shape index (κ2) is 5.35. The molecule has 96 valence electrons. The van der Waals surface area contributed by atoms with Gasteiger partial charge in [-0.15, -0.1) is 0 Å². The van der Waals surface area contributed by atoms with Crippen molar-refractivity contribution in [3.63, 3.8) is 0 Å². The predicted octanol–water partition coefficient (Wildman–Crippen LogP) is 1.96. The Bertz CT molecular complexity index is 384. The molecule has 0 fully saturated rings. The Labute approximate surface area is 101 Å². The van der Waals surface area contributed by atoms with E-state index in [9.17, 15) is 13.2 Å². The van der Waals surface area contributed by atoms with Crippen LogP contribution < -0.4 is 10.2 Å². The average Bonchev–Trinajstić information content (AvgIpc) is 2.14. The van der Waals surface area contributed by atoms with Crippen LogP contribution in [-0.2, 0) is 0 Å². The summed E-state index contributed by atoms with van der Waals surface area (Å²) in [7, 11) is 1.23. The lowest BCUT2D eigenvalue weighted by Crippen LogP contribution is -2.32. The lowest BCUT2D eigenvalue weighted by atomic mass is 10.5. The Balaban J connectivity index is 2.89. The Hall–Kier alpha value is -1.31. The fraction of sp³-hybridized carbons (Fsp3) is 0.625. The molecule has 0 aliphatic carbocycles. The lowest BCUT2D eigenvalue weighted by molar-refractivity contribution is -0.119. The third kappa shape index (κ3) is 4.59. The molecule has 1 heterocycles. The number of halogens is 4. The summed E-state index contributed by atoms with van der Waals surface area (Å²) in [5.41, 5.74) is 0. The number of anilines is 2. The average molecular weight is 270 g/mol. The number of rotatable bonds is 4. The first-order valence-electron chi connectivity index (χ1n) is 4.75. The highest BCUT2D eigenvalue weighted by Crippen LogP contribution is 2.19. The van der Waals surface area contributed by atoms with Crippen molar-refractivity contribution in [1.82, 2.24) is 15.0 Å². The molecular weight excluding hydrogens is 259 g/mol. The van der Waals surface area contributed by atoms with Gasteiger partial charge in [-0.1, -0.05) is 0 Å². The molecule has 0 atom stereocenters. The van der Waals surface area contributed by atoms with Crippen molar-refractivity contribution in [3.8, 4) is 0 Å². The maximum atomic E-state index is 12.2. The van der Waals surface area contributed by atoms with E-state index in [0.29, 0.717) is 6.54 Å².